The Balaban J connectivity index is 2.18. The molecule has 0 saturated carbocycles. The van der Waals surface area contributed by atoms with E-state index in [1.165, 1.54) is 51.1 Å². The Morgan fingerprint density at radius 3 is 2.27 bits per heavy atom. The summed E-state index contributed by atoms with van der Waals surface area (Å²) in [6, 6.07) is 0. The van der Waals surface area contributed by atoms with E-state index >= 15 is 0 Å². The molecule has 0 bridgehead atoms. The number of rotatable bonds is 5. The zero-order valence-corrected chi connectivity index (χ0v) is 10.6. The summed E-state index contributed by atoms with van der Waals surface area (Å²) in [6.07, 6.45) is 4.90. The molecular weight excluding hydrogens is 184 g/mol. The van der Waals surface area contributed by atoms with Crippen LogP contribution in [-0.2, 0) is 0 Å². The molecule has 2 heteroatoms. The third kappa shape index (κ3) is 4.80. The first kappa shape index (κ1) is 12.7. The molecule has 2 nitrogen and oxygen atoms in total. The molecule has 0 aromatic heterocycles. The fraction of sp³-hybridized carbons (Fsp3) is 0.846. The molecule has 1 saturated heterocycles. The minimum atomic E-state index is 1.16. The van der Waals surface area contributed by atoms with E-state index in [0.29, 0.717) is 0 Å². The van der Waals surface area contributed by atoms with Gasteiger partial charge in [0.1, 0.15) is 0 Å². The lowest BCUT2D eigenvalue weighted by atomic mass is 10.2. The van der Waals surface area contributed by atoms with Crippen molar-refractivity contribution in [2.24, 2.45) is 0 Å². The van der Waals surface area contributed by atoms with E-state index < -0.39 is 0 Å². The maximum absolute atomic E-state index is 2.60. The molecule has 0 amide bonds. The Morgan fingerprint density at radius 1 is 1.13 bits per heavy atom. The smallest absolute Gasteiger partial charge is 0.0191 e. The SMILES string of the molecule is C/C=C(/C)CN1CCN(CCCC)CC1. The molecule has 15 heavy (non-hydrogen) atoms. The van der Waals surface area contributed by atoms with Crippen molar-refractivity contribution >= 4 is 0 Å². The minimum Gasteiger partial charge on any atom is -0.301 e. The maximum Gasteiger partial charge on any atom is 0.0191 e. The molecule has 1 rings (SSSR count). The van der Waals surface area contributed by atoms with Crippen molar-refractivity contribution in [1.82, 2.24) is 9.80 Å². The summed E-state index contributed by atoms with van der Waals surface area (Å²) in [5, 5.41) is 0. The highest BCUT2D eigenvalue weighted by Gasteiger charge is 2.15. The molecule has 0 aliphatic carbocycles. The zero-order chi connectivity index (χ0) is 11.1. The molecule has 0 spiro atoms. The molecule has 0 aromatic carbocycles. The van der Waals surface area contributed by atoms with E-state index in [9.17, 15) is 0 Å². The highest BCUT2D eigenvalue weighted by molar-refractivity contribution is 4.99. The van der Waals surface area contributed by atoms with Gasteiger partial charge < -0.3 is 4.90 Å². The Labute approximate surface area is 94.9 Å². The van der Waals surface area contributed by atoms with Gasteiger partial charge in [-0.15, -0.1) is 0 Å². The largest absolute Gasteiger partial charge is 0.301 e. The second kappa shape index (κ2) is 7.02. The highest BCUT2D eigenvalue weighted by Crippen LogP contribution is 2.05. The number of piperazine rings is 1. The first-order chi connectivity index (χ1) is 7.26. The van der Waals surface area contributed by atoms with Gasteiger partial charge >= 0.3 is 0 Å². The van der Waals surface area contributed by atoms with Gasteiger partial charge in [-0.25, -0.2) is 0 Å². The van der Waals surface area contributed by atoms with E-state index in [1.807, 2.05) is 0 Å². The number of nitrogens with zero attached hydrogens (tertiary/aromatic N) is 2. The van der Waals surface area contributed by atoms with Crippen LogP contribution in [0.3, 0.4) is 0 Å². The van der Waals surface area contributed by atoms with Crippen LogP contribution < -0.4 is 0 Å². The summed E-state index contributed by atoms with van der Waals surface area (Å²) in [6.45, 7) is 14.1. The van der Waals surface area contributed by atoms with Crippen LogP contribution in [0.2, 0.25) is 0 Å². The summed E-state index contributed by atoms with van der Waals surface area (Å²) < 4.78 is 0. The number of hydrogen-bond acceptors (Lipinski definition) is 2. The lowest BCUT2D eigenvalue weighted by molar-refractivity contribution is 0.139. The molecule has 0 N–H and O–H groups in total. The van der Waals surface area contributed by atoms with Gasteiger partial charge in [-0.3, -0.25) is 4.90 Å². The molecule has 1 heterocycles. The molecular formula is C13H26N2. The zero-order valence-electron chi connectivity index (χ0n) is 10.6. The Morgan fingerprint density at radius 2 is 1.73 bits per heavy atom. The lowest BCUT2D eigenvalue weighted by Crippen LogP contribution is -2.46. The standard InChI is InChI=1S/C13H26N2/c1-4-6-7-14-8-10-15(11-9-14)12-13(3)5-2/h5H,4,6-12H2,1-3H3/b13-5-. The first-order valence-corrected chi connectivity index (χ1v) is 6.32. The van der Waals surface area contributed by atoms with Gasteiger partial charge in [0.2, 0.25) is 0 Å². The third-order valence-electron chi connectivity index (χ3n) is 3.26. The third-order valence-corrected chi connectivity index (χ3v) is 3.26. The summed E-state index contributed by atoms with van der Waals surface area (Å²) in [5.41, 5.74) is 1.50. The van der Waals surface area contributed by atoms with Crippen molar-refractivity contribution in [3.63, 3.8) is 0 Å². The van der Waals surface area contributed by atoms with Crippen LogP contribution >= 0.6 is 0 Å². The first-order valence-electron chi connectivity index (χ1n) is 6.32. The van der Waals surface area contributed by atoms with E-state index in [-0.39, 0.29) is 0 Å². The van der Waals surface area contributed by atoms with E-state index in [1.54, 1.807) is 0 Å². The van der Waals surface area contributed by atoms with Gasteiger partial charge in [-0.1, -0.05) is 25.0 Å². The van der Waals surface area contributed by atoms with Gasteiger partial charge in [-0.05, 0) is 26.8 Å². The Kier molecular flexibility index (Phi) is 5.96. The highest BCUT2D eigenvalue weighted by atomic mass is 15.3. The predicted octanol–water partition coefficient (Wildman–Crippen LogP) is 2.37. The minimum absolute atomic E-state index is 1.16. The van der Waals surface area contributed by atoms with E-state index in [4.69, 9.17) is 0 Å². The molecule has 1 aliphatic heterocycles. The van der Waals surface area contributed by atoms with Crippen LogP contribution in [0.15, 0.2) is 11.6 Å². The molecule has 88 valence electrons. The summed E-state index contributed by atoms with van der Waals surface area (Å²) in [5.74, 6) is 0. The number of allylic oxidation sites excluding steroid dienone is 1. The van der Waals surface area contributed by atoms with Crippen molar-refractivity contribution in [2.75, 3.05) is 39.3 Å². The van der Waals surface area contributed by atoms with Crippen molar-refractivity contribution in [2.45, 2.75) is 33.6 Å². The Bertz CT molecular complexity index is 191. The summed E-state index contributed by atoms with van der Waals surface area (Å²) in [4.78, 5) is 5.17. The fourth-order valence-corrected chi connectivity index (χ4v) is 2.00. The predicted molar refractivity (Wildman–Crippen MR) is 67.2 cm³/mol. The molecule has 1 fully saturated rings. The molecule has 0 atom stereocenters. The van der Waals surface area contributed by atoms with Gasteiger partial charge in [0, 0.05) is 32.7 Å². The number of hydrogen-bond donors (Lipinski definition) is 0. The molecule has 0 aromatic rings. The van der Waals surface area contributed by atoms with Gasteiger partial charge in [0.25, 0.3) is 0 Å². The Hall–Kier alpha value is -0.340. The van der Waals surface area contributed by atoms with Crippen LogP contribution in [0, 0.1) is 0 Å². The summed E-state index contributed by atoms with van der Waals surface area (Å²) in [7, 11) is 0. The summed E-state index contributed by atoms with van der Waals surface area (Å²) >= 11 is 0. The molecule has 0 unspecified atom stereocenters. The molecule has 1 aliphatic rings. The quantitative estimate of drug-likeness (QED) is 0.643. The van der Waals surface area contributed by atoms with E-state index in [2.05, 4.69) is 36.6 Å². The second-order valence-electron chi connectivity index (χ2n) is 4.61. The van der Waals surface area contributed by atoms with Crippen molar-refractivity contribution in [3.05, 3.63) is 11.6 Å². The van der Waals surface area contributed by atoms with E-state index in [0.717, 1.165) is 6.54 Å². The number of unbranched alkanes of at least 4 members (excludes halogenated alkanes) is 1. The van der Waals surface area contributed by atoms with Gasteiger partial charge in [0.15, 0.2) is 0 Å². The second-order valence-corrected chi connectivity index (χ2v) is 4.61. The van der Waals surface area contributed by atoms with Gasteiger partial charge in [-0.2, -0.15) is 0 Å². The van der Waals surface area contributed by atoms with Crippen molar-refractivity contribution in [1.29, 1.82) is 0 Å². The van der Waals surface area contributed by atoms with Gasteiger partial charge in [0.05, 0.1) is 0 Å². The van der Waals surface area contributed by atoms with Crippen LogP contribution in [0.1, 0.15) is 33.6 Å². The van der Waals surface area contributed by atoms with Crippen LogP contribution in [0.5, 0.6) is 0 Å². The monoisotopic (exact) mass is 210 g/mol. The van der Waals surface area contributed by atoms with Crippen LogP contribution in [0.4, 0.5) is 0 Å². The average molecular weight is 210 g/mol. The molecule has 0 radical (unpaired) electrons. The maximum atomic E-state index is 2.60. The van der Waals surface area contributed by atoms with Crippen LogP contribution in [0.25, 0.3) is 0 Å². The normalized spacial score (nSPS) is 20.9. The lowest BCUT2D eigenvalue weighted by Gasteiger charge is -2.34. The fourth-order valence-electron chi connectivity index (χ4n) is 2.00. The van der Waals surface area contributed by atoms with Crippen molar-refractivity contribution in [3.8, 4) is 0 Å². The van der Waals surface area contributed by atoms with Crippen molar-refractivity contribution < 1.29 is 0 Å². The van der Waals surface area contributed by atoms with Crippen LogP contribution in [-0.4, -0.2) is 49.1 Å². The topological polar surface area (TPSA) is 6.48 Å². The average Bonchev–Trinajstić information content (AvgIpc) is 2.28.